The van der Waals surface area contributed by atoms with E-state index in [2.05, 4.69) is 28.7 Å². The Balaban J connectivity index is 2.02. The summed E-state index contributed by atoms with van der Waals surface area (Å²) in [6, 6.07) is 0. The van der Waals surface area contributed by atoms with Gasteiger partial charge in [-0.05, 0) is 31.1 Å². The largest absolute Gasteiger partial charge is 0.341 e. The highest BCUT2D eigenvalue weighted by molar-refractivity contribution is 5.73. The van der Waals surface area contributed by atoms with Crippen molar-refractivity contribution in [1.29, 1.82) is 0 Å². The highest BCUT2D eigenvalue weighted by Crippen LogP contribution is 2.25. The molecule has 1 aromatic heterocycles. The van der Waals surface area contributed by atoms with Crippen LogP contribution in [0.4, 0.5) is 5.95 Å². The summed E-state index contributed by atoms with van der Waals surface area (Å²) in [6.07, 6.45) is 7.67. The highest BCUT2D eigenvalue weighted by atomic mass is 16.1. The third kappa shape index (κ3) is 3.06. The van der Waals surface area contributed by atoms with Crippen LogP contribution in [0.1, 0.15) is 43.5 Å². The first-order valence-corrected chi connectivity index (χ1v) is 6.73. The van der Waals surface area contributed by atoms with Crippen molar-refractivity contribution >= 4 is 12.2 Å². The summed E-state index contributed by atoms with van der Waals surface area (Å²) in [7, 11) is 0. The Bertz CT molecular complexity index is 389. The number of hydrogen-bond donors (Lipinski definition) is 0. The van der Waals surface area contributed by atoms with Crippen molar-refractivity contribution in [1.82, 2.24) is 9.97 Å². The van der Waals surface area contributed by atoms with Gasteiger partial charge in [-0.25, -0.2) is 9.97 Å². The van der Waals surface area contributed by atoms with Gasteiger partial charge in [0.2, 0.25) is 5.95 Å². The number of carbonyl (C=O) groups excluding carboxylic acids is 1. The molecule has 1 saturated heterocycles. The molecule has 0 bridgehead atoms. The summed E-state index contributed by atoms with van der Waals surface area (Å²) in [5.41, 5.74) is 0.536. The number of carbonyl (C=O) groups is 1. The zero-order chi connectivity index (χ0) is 13.0. The van der Waals surface area contributed by atoms with Gasteiger partial charge in [-0.15, -0.1) is 0 Å². The topological polar surface area (TPSA) is 46.1 Å². The van der Waals surface area contributed by atoms with Crippen molar-refractivity contribution in [3.63, 3.8) is 0 Å². The van der Waals surface area contributed by atoms with Crippen molar-refractivity contribution in [2.75, 3.05) is 18.0 Å². The maximum Gasteiger partial charge on any atom is 0.225 e. The van der Waals surface area contributed by atoms with Gasteiger partial charge in [-0.3, -0.25) is 4.79 Å². The van der Waals surface area contributed by atoms with Crippen molar-refractivity contribution in [2.24, 2.45) is 11.8 Å². The Morgan fingerprint density at radius 2 is 2.00 bits per heavy atom. The van der Waals surface area contributed by atoms with Gasteiger partial charge < -0.3 is 4.90 Å². The SMILES string of the molecule is CC(C)C1CCCN(c2ncc(C=O)cn2)CC1. The Labute approximate surface area is 108 Å². The van der Waals surface area contributed by atoms with Crippen LogP contribution < -0.4 is 4.90 Å². The molecule has 2 rings (SSSR count). The standard InChI is InChI=1S/C14H21N3O/c1-11(2)13-4-3-6-17(7-5-13)14-15-8-12(10-18)9-16-14/h8-11,13H,3-7H2,1-2H3. The van der Waals surface area contributed by atoms with Gasteiger partial charge in [0.15, 0.2) is 6.29 Å². The van der Waals surface area contributed by atoms with E-state index in [-0.39, 0.29) is 0 Å². The summed E-state index contributed by atoms with van der Waals surface area (Å²) in [6.45, 7) is 6.64. The lowest BCUT2D eigenvalue weighted by Crippen LogP contribution is -2.26. The van der Waals surface area contributed by atoms with Crippen LogP contribution in [0.15, 0.2) is 12.4 Å². The monoisotopic (exact) mass is 247 g/mol. The van der Waals surface area contributed by atoms with Crippen LogP contribution in [0, 0.1) is 11.8 Å². The molecule has 0 N–H and O–H groups in total. The number of rotatable bonds is 3. The third-order valence-corrected chi connectivity index (χ3v) is 3.79. The first-order chi connectivity index (χ1) is 8.70. The summed E-state index contributed by atoms with van der Waals surface area (Å²) in [5, 5.41) is 0. The fraction of sp³-hybridized carbons (Fsp3) is 0.643. The van der Waals surface area contributed by atoms with E-state index in [1.807, 2.05) is 0 Å². The fourth-order valence-corrected chi connectivity index (χ4v) is 2.54. The van der Waals surface area contributed by atoms with E-state index in [1.165, 1.54) is 19.3 Å². The minimum atomic E-state index is 0.536. The molecular formula is C14H21N3O. The van der Waals surface area contributed by atoms with Crippen molar-refractivity contribution in [3.8, 4) is 0 Å². The zero-order valence-electron chi connectivity index (χ0n) is 11.2. The van der Waals surface area contributed by atoms with E-state index in [0.717, 1.165) is 37.2 Å². The summed E-state index contributed by atoms with van der Waals surface area (Å²) < 4.78 is 0. The maximum absolute atomic E-state index is 10.6. The van der Waals surface area contributed by atoms with Gasteiger partial charge in [0.1, 0.15) is 0 Å². The predicted octanol–water partition coefficient (Wildman–Crippen LogP) is 2.55. The first-order valence-electron chi connectivity index (χ1n) is 6.73. The lowest BCUT2D eigenvalue weighted by atomic mass is 9.89. The quantitative estimate of drug-likeness (QED) is 0.770. The molecule has 0 aromatic carbocycles. The van der Waals surface area contributed by atoms with Gasteiger partial charge in [0, 0.05) is 25.5 Å². The molecule has 0 radical (unpaired) electrons. The lowest BCUT2D eigenvalue weighted by Gasteiger charge is -2.21. The molecule has 1 aliphatic rings. The normalized spacial score (nSPS) is 20.8. The number of aromatic nitrogens is 2. The van der Waals surface area contributed by atoms with Gasteiger partial charge in [0.05, 0.1) is 5.56 Å². The van der Waals surface area contributed by atoms with Crippen LogP contribution in [0.5, 0.6) is 0 Å². The Hall–Kier alpha value is -1.45. The highest BCUT2D eigenvalue weighted by Gasteiger charge is 2.20. The van der Waals surface area contributed by atoms with E-state index < -0.39 is 0 Å². The van der Waals surface area contributed by atoms with Gasteiger partial charge >= 0.3 is 0 Å². The molecule has 0 spiro atoms. The summed E-state index contributed by atoms with van der Waals surface area (Å²) >= 11 is 0. The van der Waals surface area contributed by atoms with Crippen LogP contribution in [-0.4, -0.2) is 29.3 Å². The van der Waals surface area contributed by atoms with E-state index in [0.29, 0.717) is 5.56 Å². The number of anilines is 1. The predicted molar refractivity (Wildman–Crippen MR) is 71.8 cm³/mol. The zero-order valence-corrected chi connectivity index (χ0v) is 11.2. The Morgan fingerprint density at radius 1 is 1.28 bits per heavy atom. The molecule has 4 heteroatoms. The molecule has 0 saturated carbocycles. The molecule has 18 heavy (non-hydrogen) atoms. The lowest BCUT2D eigenvalue weighted by molar-refractivity contribution is 0.112. The van der Waals surface area contributed by atoms with E-state index in [9.17, 15) is 4.79 Å². The van der Waals surface area contributed by atoms with Crippen LogP contribution in [0.2, 0.25) is 0 Å². The second-order valence-corrected chi connectivity index (χ2v) is 5.36. The molecule has 1 aliphatic heterocycles. The molecule has 98 valence electrons. The van der Waals surface area contributed by atoms with E-state index in [1.54, 1.807) is 12.4 Å². The minimum Gasteiger partial charge on any atom is -0.341 e. The molecule has 0 amide bonds. The average Bonchev–Trinajstić information content (AvgIpc) is 2.64. The number of hydrogen-bond acceptors (Lipinski definition) is 4. The van der Waals surface area contributed by atoms with E-state index in [4.69, 9.17) is 0 Å². The summed E-state index contributed by atoms with van der Waals surface area (Å²) in [5.74, 6) is 2.32. The van der Waals surface area contributed by atoms with Crippen LogP contribution in [0.3, 0.4) is 0 Å². The molecule has 1 atom stereocenters. The van der Waals surface area contributed by atoms with Crippen LogP contribution in [0.25, 0.3) is 0 Å². The number of nitrogens with zero attached hydrogens (tertiary/aromatic N) is 3. The Morgan fingerprint density at radius 3 is 2.61 bits per heavy atom. The Kier molecular flexibility index (Phi) is 4.28. The first kappa shape index (κ1) is 13.0. The second-order valence-electron chi connectivity index (χ2n) is 5.36. The maximum atomic E-state index is 10.6. The van der Waals surface area contributed by atoms with E-state index >= 15 is 0 Å². The molecular weight excluding hydrogens is 226 g/mol. The smallest absolute Gasteiger partial charge is 0.225 e. The van der Waals surface area contributed by atoms with Crippen molar-refractivity contribution < 1.29 is 4.79 Å². The van der Waals surface area contributed by atoms with Crippen LogP contribution >= 0.6 is 0 Å². The number of aldehydes is 1. The molecule has 4 nitrogen and oxygen atoms in total. The third-order valence-electron chi connectivity index (χ3n) is 3.79. The van der Waals surface area contributed by atoms with Gasteiger partial charge in [-0.1, -0.05) is 13.8 Å². The average molecular weight is 247 g/mol. The van der Waals surface area contributed by atoms with Crippen molar-refractivity contribution in [3.05, 3.63) is 18.0 Å². The van der Waals surface area contributed by atoms with Gasteiger partial charge in [-0.2, -0.15) is 0 Å². The minimum absolute atomic E-state index is 0.536. The molecule has 1 fully saturated rings. The molecule has 2 heterocycles. The molecule has 1 aromatic rings. The van der Waals surface area contributed by atoms with Crippen molar-refractivity contribution in [2.45, 2.75) is 33.1 Å². The molecule has 1 unspecified atom stereocenters. The second kappa shape index (κ2) is 5.94. The van der Waals surface area contributed by atoms with Gasteiger partial charge in [0.25, 0.3) is 0 Å². The van der Waals surface area contributed by atoms with Crippen LogP contribution in [-0.2, 0) is 0 Å². The molecule has 0 aliphatic carbocycles. The summed E-state index contributed by atoms with van der Waals surface area (Å²) in [4.78, 5) is 21.3. The fourth-order valence-electron chi connectivity index (χ4n) is 2.54.